The average molecular weight is 395 g/mol. The lowest BCUT2D eigenvalue weighted by atomic mass is 9.90. The van der Waals surface area contributed by atoms with Gasteiger partial charge >= 0.3 is 5.97 Å². The lowest BCUT2D eigenvalue weighted by Crippen LogP contribution is -2.55. The van der Waals surface area contributed by atoms with E-state index >= 15 is 0 Å². The minimum atomic E-state index is -0.944. The minimum Gasteiger partial charge on any atom is -0.467 e. The maximum Gasteiger partial charge on any atom is 0.331 e. The van der Waals surface area contributed by atoms with Crippen LogP contribution in [0.3, 0.4) is 0 Å². The first-order valence-corrected chi connectivity index (χ1v) is 10.3. The largest absolute Gasteiger partial charge is 0.467 e. The first-order valence-electron chi connectivity index (χ1n) is 10.3. The van der Waals surface area contributed by atoms with Crippen molar-refractivity contribution in [2.24, 2.45) is 0 Å². The van der Waals surface area contributed by atoms with E-state index < -0.39 is 5.54 Å². The second-order valence-electron chi connectivity index (χ2n) is 7.55. The highest BCUT2D eigenvalue weighted by Gasteiger charge is 2.41. The summed E-state index contributed by atoms with van der Waals surface area (Å²) in [5, 5.41) is 2.94. The summed E-state index contributed by atoms with van der Waals surface area (Å²) in [4.78, 5) is 25.3. The summed E-state index contributed by atoms with van der Waals surface area (Å²) in [6, 6.07) is 19.6. The Labute approximate surface area is 172 Å². The van der Waals surface area contributed by atoms with Crippen molar-refractivity contribution in [2.45, 2.75) is 50.2 Å². The molecule has 0 heterocycles. The number of rotatable bonds is 7. The molecule has 0 unspecified atom stereocenters. The Morgan fingerprint density at radius 2 is 1.41 bits per heavy atom. The van der Waals surface area contributed by atoms with E-state index in [1.54, 1.807) is 0 Å². The van der Waals surface area contributed by atoms with Gasteiger partial charge in [0.05, 0.1) is 7.11 Å². The summed E-state index contributed by atoms with van der Waals surface area (Å²) in [7, 11) is 1.37. The normalized spacial score (nSPS) is 16.1. The molecule has 1 N–H and O–H groups in total. The molecule has 0 atom stereocenters. The molecule has 1 amide bonds. The van der Waals surface area contributed by atoms with Crippen LogP contribution in [0.4, 0.5) is 0 Å². The molecule has 0 bridgehead atoms. The van der Waals surface area contributed by atoms with E-state index in [2.05, 4.69) is 5.32 Å². The van der Waals surface area contributed by atoms with Gasteiger partial charge in [0, 0.05) is 0 Å². The molecule has 1 aliphatic rings. The van der Waals surface area contributed by atoms with Crippen LogP contribution in [-0.4, -0.2) is 31.1 Å². The molecular formula is C24H29NO4. The molecule has 5 heteroatoms. The van der Waals surface area contributed by atoms with Crippen LogP contribution in [-0.2, 0) is 19.1 Å². The number of nitrogens with one attached hydrogen (secondary N) is 1. The molecule has 0 aliphatic heterocycles. The Hall–Kier alpha value is -2.66. The third kappa shape index (κ3) is 5.45. The van der Waals surface area contributed by atoms with E-state index in [1.165, 1.54) is 7.11 Å². The molecule has 0 radical (unpaired) electrons. The molecule has 0 saturated heterocycles. The maximum atomic E-state index is 12.8. The molecular weight excluding hydrogens is 366 g/mol. The SMILES string of the molecule is COC(=O)C1(NC(=O)COC(c2ccccc2)c2ccccc2)CCCCCC1. The van der Waals surface area contributed by atoms with Crippen molar-refractivity contribution in [3.63, 3.8) is 0 Å². The molecule has 1 saturated carbocycles. The molecule has 1 aliphatic carbocycles. The highest BCUT2D eigenvalue weighted by atomic mass is 16.5. The van der Waals surface area contributed by atoms with Crippen LogP contribution < -0.4 is 5.32 Å². The summed E-state index contributed by atoms with van der Waals surface area (Å²) in [5.41, 5.74) is 1.01. The predicted molar refractivity (Wildman–Crippen MR) is 111 cm³/mol. The molecule has 2 aromatic carbocycles. The summed E-state index contributed by atoms with van der Waals surface area (Å²) < 4.78 is 11.1. The van der Waals surface area contributed by atoms with Gasteiger partial charge in [-0.25, -0.2) is 4.79 Å². The summed E-state index contributed by atoms with van der Waals surface area (Å²) in [6.07, 6.45) is 4.77. The average Bonchev–Trinajstić information content (AvgIpc) is 3.01. The van der Waals surface area contributed by atoms with Crippen LogP contribution in [0, 0.1) is 0 Å². The van der Waals surface area contributed by atoms with Gasteiger partial charge in [0.25, 0.3) is 0 Å². The molecule has 0 aromatic heterocycles. The van der Waals surface area contributed by atoms with Crippen LogP contribution >= 0.6 is 0 Å². The van der Waals surface area contributed by atoms with Crippen molar-refractivity contribution in [2.75, 3.05) is 13.7 Å². The smallest absolute Gasteiger partial charge is 0.331 e. The van der Waals surface area contributed by atoms with Crippen LogP contribution in [0.15, 0.2) is 60.7 Å². The number of hydrogen-bond acceptors (Lipinski definition) is 4. The molecule has 29 heavy (non-hydrogen) atoms. The summed E-state index contributed by atoms with van der Waals surface area (Å²) in [6.45, 7) is -0.132. The number of methoxy groups -OCH3 is 1. The highest BCUT2D eigenvalue weighted by molar-refractivity contribution is 5.88. The fraction of sp³-hybridized carbons (Fsp3) is 0.417. The van der Waals surface area contributed by atoms with Gasteiger partial charge < -0.3 is 14.8 Å². The lowest BCUT2D eigenvalue weighted by molar-refractivity contribution is -0.152. The van der Waals surface area contributed by atoms with E-state index in [4.69, 9.17) is 9.47 Å². The highest BCUT2D eigenvalue weighted by Crippen LogP contribution is 2.29. The third-order valence-electron chi connectivity index (χ3n) is 5.50. The Morgan fingerprint density at radius 3 is 1.90 bits per heavy atom. The van der Waals surface area contributed by atoms with Crippen LogP contribution in [0.1, 0.15) is 55.8 Å². The summed E-state index contributed by atoms with van der Waals surface area (Å²) in [5.74, 6) is -0.662. The standard InChI is InChI=1S/C24H29NO4/c1-28-23(27)24(16-10-2-3-11-17-24)25-21(26)18-29-22(19-12-6-4-7-13-19)20-14-8-5-9-15-20/h4-9,12-15,22H,2-3,10-11,16-18H2,1H3,(H,25,26). The van der Waals surface area contributed by atoms with Gasteiger partial charge in [-0.1, -0.05) is 86.3 Å². The van der Waals surface area contributed by atoms with Gasteiger partial charge in [-0.15, -0.1) is 0 Å². The van der Waals surface area contributed by atoms with E-state index in [1.807, 2.05) is 60.7 Å². The number of benzene rings is 2. The molecule has 2 aromatic rings. The quantitative estimate of drug-likeness (QED) is 0.564. The van der Waals surface area contributed by atoms with Crippen molar-refractivity contribution >= 4 is 11.9 Å². The molecule has 0 spiro atoms. The Kier molecular flexibility index (Phi) is 7.42. The second-order valence-corrected chi connectivity index (χ2v) is 7.55. The zero-order valence-electron chi connectivity index (χ0n) is 16.9. The number of hydrogen-bond donors (Lipinski definition) is 1. The second kappa shape index (κ2) is 10.2. The molecule has 1 fully saturated rings. The number of ether oxygens (including phenoxy) is 2. The van der Waals surface area contributed by atoms with Gasteiger partial charge in [-0.05, 0) is 24.0 Å². The van der Waals surface area contributed by atoms with E-state index in [0.717, 1.165) is 36.8 Å². The van der Waals surface area contributed by atoms with E-state index in [-0.39, 0.29) is 24.6 Å². The Morgan fingerprint density at radius 1 is 0.897 bits per heavy atom. The van der Waals surface area contributed by atoms with Crippen molar-refractivity contribution in [3.05, 3.63) is 71.8 Å². The lowest BCUT2D eigenvalue weighted by Gasteiger charge is -2.31. The number of carbonyl (C=O) groups excluding carboxylic acids is 2. The molecule has 3 rings (SSSR count). The van der Waals surface area contributed by atoms with Crippen molar-refractivity contribution in [1.29, 1.82) is 0 Å². The minimum absolute atomic E-state index is 0.132. The first kappa shape index (κ1) is 21.1. The fourth-order valence-electron chi connectivity index (χ4n) is 4.01. The summed E-state index contributed by atoms with van der Waals surface area (Å²) >= 11 is 0. The zero-order chi connectivity index (χ0) is 20.5. The monoisotopic (exact) mass is 395 g/mol. The van der Waals surface area contributed by atoms with Gasteiger partial charge in [0.1, 0.15) is 18.2 Å². The fourth-order valence-corrected chi connectivity index (χ4v) is 4.01. The molecule has 5 nitrogen and oxygen atoms in total. The molecule has 154 valence electrons. The first-order chi connectivity index (χ1) is 14.1. The third-order valence-corrected chi connectivity index (χ3v) is 5.50. The topological polar surface area (TPSA) is 64.6 Å². The van der Waals surface area contributed by atoms with Crippen LogP contribution in [0.25, 0.3) is 0 Å². The van der Waals surface area contributed by atoms with Gasteiger partial charge in [-0.2, -0.15) is 0 Å². The number of carbonyl (C=O) groups is 2. The number of amides is 1. The van der Waals surface area contributed by atoms with Crippen molar-refractivity contribution < 1.29 is 19.1 Å². The predicted octanol–water partition coefficient (Wildman–Crippen LogP) is 4.17. The number of esters is 1. The van der Waals surface area contributed by atoms with Crippen molar-refractivity contribution in [3.8, 4) is 0 Å². The van der Waals surface area contributed by atoms with Gasteiger partial charge in [-0.3, -0.25) is 4.79 Å². The van der Waals surface area contributed by atoms with Gasteiger partial charge in [0.2, 0.25) is 5.91 Å². The Bertz CT molecular complexity index is 744. The maximum absolute atomic E-state index is 12.8. The van der Waals surface area contributed by atoms with E-state index in [0.29, 0.717) is 12.8 Å². The zero-order valence-corrected chi connectivity index (χ0v) is 16.9. The Balaban J connectivity index is 1.71. The van der Waals surface area contributed by atoms with E-state index in [9.17, 15) is 9.59 Å². The van der Waals surface area contributed by atoms with Crippen molar-refractivity contribution in [1.82, 2.24) is 5.32 Å². The van der Waals surface area contributed by atoms with Crippen LogP contribution in [0.5, 0.6) is 0 Å². The van der Waals surface area contributed by atoms with Gasteiger partial charge in [0.15, 0.2) is 0 Å². The van der Waals surface area contributed by atoms with Crippen LogP contribution in [0.2, 0.25) is 0 Å².